The lowest BCUT2D eigenvalue weighted by Gasteiger charge is -2.62. The maximum Gasteiger partial charge on any atom is 0.0682 e. The molecule has 11 saturated carbocycles. The summed E-state index contributed by atoms with van der Waals surface area (Å²) < 4.78 is 0. The van der Waals surface area contributed by atoms with Crippen molar-refractivity contribution in [1.82, 2.24) is 0 Å². The van der Waals surface area contributed by atoms with Gasteiger partial charge in [0.1, 0.15) is 0 Å². The molecule has 12 rings (SSSR count). The van der Waals surface area contributed by atoms with Crippen molar-refractivity contribution in [3.8, 4) is 0 Å². The lowest BCUT2D eigenvalue weighted by atomic mass is 9.43. The summed E-state index contributed by atoms with van der Waals surface area (Å²) in [4.78, 5) is 0. The molecule has 26 atom stereocenters. The molecule has 0 bridgehead atoms. The third-order valence-electron chi connectivity index (χ3n) is 32.4. The second-order valence-electron chi connectivity index (χ2n) is 41.5. The zero-order valence-corrected chi connectivity index (χ0v) is 61.6. The Morgan fingerprint density at radius 3 is 1.38 bits per heavy atom. The molecule has 0 spiro atoms. The molecule has 12 aliphatic rings. The molecule has 3 N–H and O–H groups in total. The number of rotatable bonds is 10. The molecular formula is C85H152O3. The van der Waals surface area contributed by atoms with Crippen LogP contribution in [-0.4, -0.2) is 32.1 Å². The Labute approximate surface area is 548 Å². The van der Waals surface area contributed by atoms with Crippen LogP contribution in [0.2, 0.25) is 0 Å². The Balaban J connectivity index is 0.000000156. The molecule has 0 radical (unpaired) electrons. The first-order valence-electron chi connectivity index (χ1n) is 39.1. The number of allylic oxidation sites excluding steroid dienone is 1. The van der Waals surface area contributed by atoms with Crippen molar-refractivity contribution >= 4 is 0 Å². The Morgan fingerprint density at radius 2 is 0.864 bits per heavy atom. The molecule has 11 fully saturated rings. The van der Waals surface area contributed by atoms with Gasteiger partial charge in [0.25, 0.3) is 0 Å². The zero-order valence-electron chi connectivity index (χ0n) is 61.6. The molecule has 0 aliphatic heterocycles. The fourth-order valence-electron chi connectivity index (χ4n) is 27.0. The monoisotopic (exact) mass is 1220 g/mol. The Morgan fingerprint density at radius 1 is 0.420 bits per heavy atom. The van der Waals surface area contributed by atoms with Crippen molar-refractivity contribution in [2.24, 2.45) is 150 Å². The van der Waals surface area contributed by atoms with Gasteiger partial charge in [0.15, 0.2) is 0 Å². The molecule has 510 valence electrons. The Kier molecular flexibility index (Phi) is 21.2. The largest absolute Gasteiger partial charge is 0.390 e. The fourth-order valence-corrected chi connectivity index (χ4v) is 27.0. The van der Waals surface area contributed by atoms with Gasteiger partial charge < -0.3 is 15.3 Å². The predicted molar refractivity (Wildman–Crippen MR) is 378 cm³/mol. The van der Waals surface area contributed by atoms with E-state index in [1.807, 2.05) is 0 Å². The first kappa shape index (κ1) is 71.9. The summed E-state index contributed by atoms with van der Waals surface area (Å²) in [5, 5.41) is 32.3. The van der Waals surface area contributed by atoms with E-state index in [0.717, 1.165) is 151 Å². The molecule has 0 aromatic heterocycles. The highest BCUT2D eigenvalue weighted by atomic mass is 16.3. The van der Waals surface area contributed by atoms with E-state index in [1.54, 1.807) is 5.57 Å². The minimum Gasteiger partial charge on any atom is -0.390 e. The highest BCUT2D eigenvalue weighted by Crippen LogP contribution is 2.72. The van der Waals surface area contributed by atoms with E-state index < -0.39 is 11.2 Å². The smallest absolute Gasteiger partial charge is 0.0682 e. The number of hydrogen-bond acceptors (Lipinski definition) is 3. The van der Waals surface area contributed by atoms with Crippen LogP contribution >= 0.6 is 0 Å². The molecule has 3 nitrogen and oxygen atoms in total. The van der Waals surface area contributed by atoms with Crippen molar-refractivity contribution in [1.29, 1.82) is 0 Å². The van der Waals surface area contributed by atoms with Gasteiger partial charge >= 0.3 is 0 Å². The predicted octanol–water partition coefficient (Wildman–Crippen LogP) is 24.1. The first-order valence-corrected chi connectivity index (χ1v) is 39.1. The minimum absolute atomic E-state index is 0. The number of hydrogen-bond donors (Lipinski definition) is 3. The number of fused-ring (bicyclic) bond motifs is 15. The summed E-state index contributed by atoms with van der Waals surface area (Å²) in [6.45, 7) is 49.0. The lowest BCUT2D eigenvalue weighted by Crippen LogP contribution is -2.55. The zero-order chi connectivity index (χ0) is 63.5. The highest BCUT2D eigenvalue weighted by molar-refractivity contribution is 5.27. The summed E-state index contributed by atoms with van der Waals surface area (Å²) in [6.07, 6.45) is 46.5. The molecule has 3 heteroatoms. The van der Waals surface area contributed by atoms with Gasteiger partial charge in [0, 0.05) is 0 Å². The maximum absolute atomic E-state index is 11.0. The molecule has 9 unspecified atom stereocenters. The van der Waals surface area contributed by atoms with E-state index in [1.165, 1.54) is 167 Å². The molecular weight excluding hydrogens is 1070 g/mol. The van der Waals surface area contributed by atoms with E-state index in [2.05, 4.69) is 145 Å². The summed E-state index contributed by atoms with van der Waals surface area (Å²) in [6, 6.07) is 0. The fraction of sp³-hybridized carbons (Fsp3) is 0.976. The van der Waals surface area contributed by atoms with Crippen molar-refractivity contribution in [3.63, 3.8) is 0 Å². The van der Waals surface area contributed by atoms with Crippen LogP contribution in [-0.2, 0) is 0 Å². The number of aliphatic hydroxyl groups is 3. The normalized spacial score (nSPS) is 48.8. The summed E-state index contributed by atoms with van der Waals surface area (Å²) in [5.41, 5.74) is 4.48. The van der Waals surface area contributed by atoms with Crippen molar-refractivity contribution in [3.05, 3.63) is 11.6 Å². The average Bonchev–Trinajstić information content (AvgIpc) is 1.35. The van der Waals surface area contributed by atoms with E-state index in [4.69, 9.17) is 0 Å². The minimum atomic E-state index is -0.428. The molecule has 88 heavy (non-hydrogen) atoms. The molecule has 0 heterocycles. The van der Waals surface area contributed by atoms with Crippen LogP contribution < -0.4 is 0 Å². The van der Waals surface area contributed by atoms with Crippen LogP contribution in [0.15, 0.2) is 11.6 Å². The van der Waals surface area contributed by atoms with Gasteiger partial charge in [-0.2, -0.15) is 0 Å². The summed E-state index contributed by atoms with van der Waals surface area (Å²) in [7, 11) is 0. The third-order valence-corrected chi connectivity index (χ3v) is 32.4. The quantitative estimate of drug-likeness (QED) is 0.191. The first-order chi connectivity index (χ1) is 40.3. The van der Waals surface area contributed by atoms with E-state index in [0.29, 0.717) is 43.3 Å². The topological polar surface area (TPSA) is 60.7 Å². The van der Waals surface area contributed by atoms with E-state index >= 15 is 0 Å². The van der Waals surface area contributed by atoms with Crippen molar-refractivity contribution in [2.75, 3.05) is 0 Å². The van der Waals surface area contributed by atoms with E-state index in [9.17, 15) is 15.3 Å². The van der Waals surface area contributed by atoms with Gasteiger partial charge in [-0.3, -0.25) is 0 Å². The second-order valence-corrected chi connectivity index (χ2v) is 41.5. The van der Waals surface area contributed by atoms with Crippen LogP contribution in [0.5, 0.6) is 0 Å². The van der Waals surface area contributed by atoms with Gasteiger partial charge in [-0.15, -0.1) is 0 Å². The van der Waals surface area contributed by atoms with Crippen LogP contribution in [0.1, 0.15) is 358 Å². The molecule has 0 aromatic carbocycles. The standard InChI is InChI=1S/C29H50O.C28H50O.C27H48O.CH4/c1-8-29(30)18-17-27(6)21(19-29)9-10-22-24-12-11-23(20(2)13-15-26(3,4)5)28(24,7)16-14-25(22)27;1-19(12-14-25(2,3)4)22-10-11-23-21-9-8-20-18-26(5,29)16-17-27(20,6)24(21)13-15-28(22,23)7;1-18(11-14-25(2,3)4)23-9-10-24-22-8-7-19-17-26(5,28)15-12-20(19)21(22)13-16-27(23,24)6;/h9,20,22-25,30H,8,10-19H2,1-7H3;19-24,29H,8-18H2,1-7H3;18-24,28H,7-17H2,1-6H3;1H4/t20-,22?,23-,24?,25?,27+,28-,29-;19-,20-,21?,22-,23?,24?,26-,27+,28-;18-,19-,20+,21?,22?,23-,24?,26-,27-;/m111./s1. The van der Waals surface area contributed by atoms with Crippen LogP contribution in [0.3, 0.4) is 0 Å². The maximum atomic E-state index is 11.0. The molecule has 0 saturated heterocycles. The van der Waals surface area contributed by atoms with Gasteiger partial charge in [0.05, 0.1) is 16.8 Å². The van der Waals surface area contributed by atoms with Crippen LogP contribution in [0.25, 0.3) is 0 Å². The van der Waals surface area contributed by atoms with Crippen molar-refractivity contribution < 1.29 is 15.3 Å². The van der Waals surface area contributed by atoms with Gasteiger partial charge in [-0.25, -0.2) is 0 Å². The lowest BCUT2D eigenvalue weighted by molar-refractivity contribution is -0.148. The highest BCUT2D eigenvalue weighted by Gasteiger charge is 2.64. The van der Waals surface area contributed by atoms with Gasteiger partial charge in [0.2, 0.25) is 0 Å². The summed E-state index contributed by atoms with van der Waals surface area (Å²) in [5.74, 6) is 16.6. The van der Waals surface area contributed by atoms with Gasteiger partial charge in [-0.05, 0) is 376 Å². The summed E-state index contributed by atoms with van der Waals surface area (Å²) >= 11 is 0. The van der Waals surface area contributed by atoms with Crippen molar-refractivity contribution in [2.45, 2.75) is 375 Å². The Hall–Kier alpha value is -0.380. The van der Waals surface area contributed by atoms with Gasteiger partial charge in [-0.1, -0.05) is 144 Å². The SMILES string of the molecule is C.CC[C@@]1(O)CC[C@@]2(C)C(=CCC3C2CC[C@@]2(C)C3CC[C@@H]2[C@H](C)CCC(C)(C)C)C1.C[C@H](CCC(C)(C)C)[C@H]1CCC2C3CC[C@@H]4C[C@](C)(O)CC[C@@H]4C3CC[C@@]21C.C[C@H](CCC(C)(C)C)[C@H]1CCC2C3CC[C@@H]4C[C@](C)(O)CC[C@]4(C)C3CC[C@@]21C. The Bertz CT molecular complexity index is 2340. The second kappa shape index (κ2) is 25.9. The van der Waals surface area contributed by atoms with Crippen LogP contribution in [0, 0.1) is 150 Å². The average molecular weight is 1220 g/mol. The molecule has 12 aliphatic carbocycles. The molecule has 0 aromatic rings. The molecule has 0 amide bonds. The van der Waals surface area contributed by atoms with Crippen LogP contribution in [0.4, 0.5) is 0 Å². The van der Waals surface area contributed by atoms with E-state index in [-0.39, 0.29) is 13.0 Å². The third kappa shape index (κ3) is 14.2.